The maximum absolute atomic E-state index is 12.2. The predicted octanol–water partition coefficient (Wildman–Crippen LogP) is 2.28. The maximum Gasteiger partial charge on any atom is 0.407 e. The summed E-state index contributed by atoms with van der Waals surface area (Å²) in [5.74, 6) is -0.123. The molecule has 2 atom stereocenters. The van der Waals surface area contributed by atoms with E-state index in [9.17, 15) is 18.3 Å². The summed E-state index contributed by atoms with van der Waals surface area (Å²) in [6.07, 6.45) is 0.515. The lowest BCUT2D eigenvalue weighted by Gasteiger charge is -2.51. The Morgan fingerprint density at radius 2 is 1.92 bits per heavy atom. The average molecular weight is 353 g/mol. The topological polar surface area (TPSA) is 99.1 Å². The van der Waals surface area contributed by atoms with Crippen LogP contribution in [0.3, 0.4) is 0 Å². The van der Waals surface area contributed by atoms with E-state index in [1.165, 1.54) is 23.2 Å². The molecule has 1 aromatic rings. The fraction of sp³-hybridized carbons (Fsp3) is 0.500. The number of carbonyl (C=O) groups is 1. The monoisotopic (exact) mass is 353 g/mol. The van der Waals surface area contributed by atoms with Gasteiger partial charge >= 0.3 is 6.09 Å². The molecule has 1 aliphatic rings. The molecule has 0 saturated carbocycles. The Morgan fingerprint density at radius 1 is 1.33 bits per heavy atom. The van der Waals surface area contributed by atoms with Gasteiger partial charge in [0.05, 0.1) is 4.90 Å². The van der Waals surface area contributed by atoms with E-state index in [0.717, 1.165) is 5.56 Å². The van der Waals surface area contributed by atoms with Crippen molar-refractivity contribution in [3.63, 3.8) is 0 Å². The van der Waals surface area contributed by atoms with Crippen LogP contribution in [-0.2, 0) is 10.0 Å². The first-order chi connectivity index (χ1) is 11.0. The molecule has 132 valence electrons. The van der Waals surface area contributed by atoms with Crippen LogP contribution in [0.2, 0.25) is 0 Å². The van der Waals surface area contributed by atoms with Crippen LogP contribution in [0.15, 0.2) is 34.3 Å². The third-order valence-corrected chi connectivity index (χ3v) is 5.29. The maximum atomic E-state index is 12.2. The summed E-state index contributed by atoms with van der Waals surface area (Å²) in [7, 11) is -3.72. The quantitative estimate of drug-likeness (QED) is 0.641. The third-order valence-electron chi connectivity index (χ3n) is 4.05. The molecule has 2 unspecified atom stereocenters. The van der Waals surface area contributed by atoms with Crippen LogP contribution < -0.4 is 4.83 Å². The minimum absolute atomic E-state index is 0.123. The molecule has 8 heteroatoms. The van der Waals surface area contributed by atoms with Gasteiger partial charge in [-0.15, -0.1) is 0 Å². The van der Waals surface area contributed by atoms with Crippen molar-refractivity contribution in [1.82, 2.24) is 9.73 Å². The van der Waals surface area contributed by atoms with E-state index < -0.39 is 16.1 Å². The van der Waals surface area contributed by atoms with E-state index in [-0.39, 0.29) is 22.3 Å². The number of amides is 1. The highest BCUT2D eigenvalue weighted by molar-refractivity contribution is 7.89. The molecule has 1 amide bonds. The molecule has 1 aromatic carbocycles. The number of rotatable bonds is 4. The summed E-state index contributed by atoms with van der Waals surface area (Å²) < 4.78 is 24.3. The number of carboxylic acid groups (broad SMARTS) is 1. The van der Waals surface area contributed by atoms with Gasteiger partial charge in [-0.05, 0) is 24.5 Å². The summed E-state index contributed by atoms with van der Waals surface area (Å²) in [4.78, 5) is 14.9. The molecule has 1 saturated heterocycles. The second kappa shape index (κ2) is 6.43. The standard InChI is InChI=1S/C16H23N3O4S/c1-11-5-7-13(8-6-11)24(22,23)18-17-9-12-10-19(15(20)21)14(12)16(2,3)4/h5-9,12,14,18H,10H2,1-4H3,(H,20,21). The van der Waals surface area contributed by atoms with Gasteiger partial charge in [-0.3, -0.25) is 0 Å². The molecular formula is C16H23N3O4S. The van der Waals surface area contributed by atoms with Crippen molar-refractivity contribution >= 4 is 22.3 Å². The predicted molar refractivity (Wildman–Crippen MR) is 91.5 cm³/mol. The molecule has 0 aliphatic carbocycles. The summed E-state index contributed by atoms with van der Waals surface area (Å²) >= 11 is 0. The van der Waals surface area contributed by atoms with Crippen molar-refractivity contribution in [3.05, 3.63) is 29.8 Å². The number of benzene rings is 1. The first-order valence-electron chi connectivity index (χ1n) is 7.63. The number of aryl methyl sites for hydroxylation is 1. The highest BCUT2D eigenvalue weighted by Gasteiger charge is 2.47. The third kappa shape index (κ3) is 3.87. The van der Waals surface area contributed by atoms with E-state index in [0.29, 0.717) is 6.54 Å². The fourth-order valence-electron chi connectivity index (χ4n) is 2.93. The number of sulfonamides is 1. The Hall–Kier alpha value is -2.09. The molecule has 0 radical (unpaired) electrons. The van der Waals surface area contributed by atoms with Gasteiger partial charge in [0.25, 0.3) is 10.0 Å². The van der Waals surface area contributed by atoms with Gasteiger partial charge in [-0.25, -0.2) is 9.63 Å². The Labute approximate surface area is 142 Å². The summed E-state index contributed by atoms with van der Waals surface area (Å²) in [5.41, 5.74) is 0.706. The molecule has 1 heterocycles. The first-order valence-corrected chi connectivity index (χ1v) is 9.12. The van der Waals surface area contributed by atoms with Crippen molar-refractivity contribution < 1.29 is 18.3 Å². The van der Waals surface area contributed by atoms with Crippen LogP contribution in [0.5, 0.6) is 0 Å². The Morgan fingerprint density at radius 3 is 2.42 bits per heavy atom. The van der Waals surface area contributed by atoms with E-state index in [4.69, 9.17) is 0 Å². The molecule has 7 nitrogen and oxygen atoms in total. The van der Waals surface area contributed by atoms with Gasteiger partial charge in [-0.1, -0.05) is 38.5 Å². The first kappa shape index (κ1) is 18.3. The van der Waals surface area contributed by atoms with Crippen molar-refractivity contribution in [3.8, 4) is 0 Å². The van der Waals surface area contributed by atoms with Gasteiger partial charge in [0.2, 0.25) is 0 Å². The van der Waals surface area contributed by atoms with Gasteiger partial charge in [-0.2, -0.15) is 13.5 Å². The summed E-state index contributed by atoms with van der Waals surface area (Å²) in [5, 5.41) is 13.0. The highest BCUT2D eigenvalue weighted by Crippen LogP contribution is 2.37. The Balaban J connectivity index is 2.06. The molecular weight excluding hydrogens is 330 g/mol. The van der Waals surface area contributed by atoms with Gasteiger partial charge in [0.15, 0.2) is 0 Å². The number of likely N-dealkylation sites (tertiary alicyclic amines) is 1. The lowest BCUT2D eigenvalue weighted by Crippen LogP contribution is -2.64. The van der Waals surface area contributed by atoms with Crippen molar-refractivity contribution in [2.75, 3.05) is 6.54 Å². The van der Waals surface area contributed by atoms with Crippen LogP contribution in [0.25, 0.3) is 0 Å². The zero-order valence-electron chi connectivity index (χ0n) is 14.2. The molecule has 2 N–H and O–H groups in total. The van der Waals surface area contributed by atoms with Crippen LogP contribution in [0, 0.1) is 18.3 Å². The number of nitrogens with one attached hydrogen (secondary N) is 1. The minimum Gasteiger partial charge on any atom is -0.465 e. The largest absolute Gasteiger partial charge is 0.465 e. The normalized spacial score (nSPS) is 21.6. The highest BCUT2D eigenvalue weighted by atomic mass is 32.2. The zero-order valence-corrected chi connectivity index (χ0v) is 15.0. The molecule has 2 rings (SSSR count). The fourth-order valence-corrected chi connectivity index (χ4v) is 3.73. The van der Waals surface area contributed by atoms with Gasteiger partial charge in [0.1, 0.15) is 0 Å². The Bertz CT molecular complexity index is 736. The minimum atomic E-state index is -3.72. The molecule has 24 heavy (non-hydrogen) atoms. The van der Waals surface area contributed by atoms with E-state index in [1.54, 1.807) is 12.1 Å². The van der Waals surface area contributed by atoms with Crippen molar-refractivity contribution in [1.29, 1.82) is 0 Å². The molecule has 1 fully saturated rings. The zero-order chi connectivity index (χ0) is 18.1. The Kier molecular flexibility index (Phi) is 4.89. The average Bonchev–Trinajstić information content (AvgIpc) is 2.39. The molecule has 1 aliphatic heterocycles. The molecule has 0 aromatic heterocycles. The summed E-state index contributed by atoms with van der Waals surface area (Å²) in [6, 6.07) is 6.22. The number of hydrazone groups is 1. The molecule has 0 spiro atoms. The number of hydrogen-bond donors (Lipinski definition) is 2. The van der Waals surface area contributed by atoms with Crippen LogP contribution in [0.4, 0.5) is 4.79 Å². The second-order valence-electron chi connectivity index (χ2n) is 7.10. The van der Waals surface area contributed by atoms with Crippen LogP contribution in [-0.4, -0.2) is 43.3 Å². The SMILES string of the molecule is Cc1ccc(S(=O)(=O)NN=CC2CN(C(=O)O)C2C(C)(C)C)cc1. The van der Waals surface area contributed by atoms with Crippen molar-refractivity contribution in [2.24, 2.45) is 16.4 Å². The van der Waals surface area contributed by atoms with Gasteiger partial charge in [0, 0.05) is 24.7 Å². The number of hydrogen-bond acceptors (Lipinski definition) is 4. The number of nitrogens with zero attached hydrogens (tertiary/aromatic N) is 2. The van der Waals surface area contributed by atoms with Gasteiger partial charge < -0.3 is 10.0 Å². The smallest absolute Gasteiger partial charge is 0.407 e. The lowest BCUT2D eigenvalue weighted by atomic mass is 9.73. The second-order valence-corrected chi connectivity index (χ2v) is 8.76. The summed E-state index contributed by atoms with van der Waals surface area (Å²) in [6.45, 7) is 8.03. The van der Waals surface area contributed by atoms with Crippen LogP contribution >= 0.6 is 0 Å². The van der Waals surface area contributed by atoms with Crippen molar-refractivity contribution in [2.45, 2.75) is 38.6 Å². The van der Waals surface area contributed by atoms with E-state index in [2.05, 4.69) is 9.93 Å². The van der Waals surface area contributed by atoms with E-state index >= 15 is 0 Å². The lowest BCUT2D eigenvalue weighted by molar-refractivity contribution is -0.00521. The molecule has 0 bridgehead atoms. The van der Waals surface area contributed by atoms with E-state index in [1.807, 2.05) is 27.7 Å². The van der Waals surface area contributed by atoms with Crippen LogP contribution in [0.1, 0.15) is 26.3 Å².